The maximum absolute atomic E-state index is 12.0. The fraction of sp³-hybridized carbons (Fsp3) is 0.935. The number of unbranched alkanes of at least 4 members (excludes halogenated alkanes) is 35. The summed E-state index contributed by atoms with van der Waals surface area (Å²) in [6, 6.07) is 0. The smallest absolute Gasteiger partial charge is 0.220 e. The minimum absolute atomic E-state index is 0.0545. The number of primary amides is 1. The molecule has 0 bridgehead atoms. The van der Waals surface area contributed by atoms with Gasteiger partial charge >= 0.3 is 0 Å². The Labute approximate surface area is 304 Å². The summed E-state index contributed by atoms with van der Waals surface area (Å²) in [5.74, 6) is 0.0621. The molecule has 2 N–H and O–H groups in total. The number of allylic oxidation sites excluding steroid dienone is 2. The fourth-order valence-electron chi connectivity index (χ4n) is 7.42. The predicted octanol–water partition coefficient (Wildman–Crippen LogP) is 16.3. The van der Waals surface area contributed by atoms with E-state index in [4.69, 9.17) is 5.73 Å². The third-order valence-electron chi connectivity index (χ3n) is 10.9. The van der Waals surface area contributed by atoms with Gasteiger partial charge in [0.15, 0.2) is 0 Å². The average molecular weight is 674 g/mol. The summed E-state index contributed by atoms with van der Waals surface area (Å²) >= 11 is 0. The van der Waals surface area contributed by atoms with Gasteiger partial charge in [0.1, 0.15) is 0 Å². The van der Waals surface area contributed by atoms with Crippen molar-refractivity contribution in [3.63, 3.8) is 0 Å². The minimum atomic E-state index is -0.0545. The molecule has 0 aromatic carbocycles. The number of hydrogen-bond acceptors (Lipinski definition) is 1. The maximum Gasteiger partial charge on any atom is 0.220 e. The quantitative estimate of drug-likeness (QED) is 0.0508. The molecule has 48 heavy (non-hydrogen) atoms. The van der Waals surface area contributed by atoms with E-state index in [1.807, 2.05) is 0 Å². The molecule has 0 saturated carbocycles. The number of carbonyl (C=O) groups excluding carboxylic acids is 1. The summed E-state index contributed by atoms with van der Waals surface area (Å²) < 4.78 is 0. The molecule has 2 nitrogen and oxygen atoms in total. The first kappa shape index (κ1) is 47.2. The molecule has 0 heterocycles. The molecule has 0 radical (unpaired) electrons. The van der Waals surface area contributed by atoms with Crippen LogP contribution in [0.5, 0.6) is 0 Å². The fourth-order valence-corrected chi connectivity index (χ4v) is 7.42. The van der Waals surface area contributed by atoms with E-state index in [0.29, 0.717) is 0 Å². The van der Waals surface area contributed by atoms with Gasteiger partial charge in [-0.15, -0.1) is 0 Å². The van der Waals surface area contributed by atoms with Gasteiger partial charge in [-0.2, -0.15) is 0 Å². The van der Waals surface area contributed by atoms with Crippen LogP contribution in [0.4, 0.5) is 0 Å². The highest BCUT2D eigenvalue weighted by Gasteiger charge is 2.14. The van der Waals surface area contributed by atoms with Crippen LogP contribution in [0, 0.1) is 5.92 Å². The Morgan fingerprint density at radius 1 is 0.354 bits per heavy atom. The first-order valence-electron chi connectivity index (χ1n) is 22.7. The molecular formula is C46H91NO. The van der Waals surface area contributed by atoms with Gasteiger partial charge in [0.05, 0.1) is 0 Å². The summed E-state index contributed by atoms with van der Waals surface area (Å²) in [5.41, 5.74) is 5.76. The molecule has 0 aromatic heterocycles. The second kappa shape index (κ2) is 42.4. The number of nitrogens with two attached hydrogens (primary N) is 1. The van der Waals surface area contributed by atoms with E-state index >= 15 is 0 Å². The lowest BCUT2D eigenvalue weighted by Crippen LogP contribution is -2.23. The van der Waals surface area contributed by atoms with Crippen LogP contribution in [0.3, 0.4) is 0 Å². The highest BCUT2D eigenvalue weighted by atomic mass is 16.1. The van der Waals surface area contributed by atoms with Crippen molar-refractivity contribution in [3.05, 3.63) is 12.2 Å². The first-order valence-corrected chi connectivity index (χ1v) is 22.7. The largest absolute Gasteiger partial charge is 0.369 e. The van der Waals surface area contributed by atoms with E-state index < -0.39 is 0 Å². The third-order valence-corrected chi connectivity index (χ3v) is 10.9. The molecule has 2 heteroatoms. The van der Waals surface area contributed by atoms with Gasteiger partial charge in [0, 0.05) is 5.92 Å². The van der Waals surface area contributed by atoms with Crippen molar-refractivity contribution >= 4 is 5.91 Å². The average Bonchev–Trinajstić information content (AvgIpc) is 3.08. The van der Waals surface area contributed by atoms with Crippen molar-refractivity contribution in [1.82, 2.24) is 0 Å². The zero-order valence-corrected chi connectivity index (χ0v) is 33.5. The van der Waals surface area contributed by atoms with Gasteiger partial charge < -0.3 is 5.73 Å². The van der Waals surface area contributed by atoms with Crippen LogP contribution in [0.25, 0.3) is 0 Å². The van der Waals surface area contributed by atoms with Crippen molar-refractivity contribution in [2.45, 2.75) is 271 Å². The molecule has 0 aliphatic rings. The molecule has 1 unspecified atom stereocenters. The van der Waals surface area contributed by atoms with Gasteiger partial charge in [0.2, 0.25) is 5.91 Å². The molecule has 0 aliphatic heterocycles. The lowest BCUT2D eigenvalue weighted by atomic mass is 9.93. The van der Waals surface area contributed by atoms with Crippen molar-refractivity contribution < 1.29 is 4.79 Å². The van der Waals surface area contributed by atoms with Crippen molar-refractivity contribution in [2.24, 2.45) is 11.7 Å². The standard InChI is InChI=1S/C46H91NO/c1-3-5-7-9-11-13-15-17-19-21-23-25-27-29-31-33-35-37-39-41-43-45(46(47)48)44-42-40-38-36-34-32-30-28-26-24-22-20-18-16-14-12-10-8-6-4-2/h17,19,45H,3-16,18,20-44H2,1-2H3,(H2,47,48)/b19-17-. The zero-order valence-electron chi connectivity index (χ0n) is 33.5. The number of amides is 1. The predicted molar refractivity (Wildman–Crippen MR) is 218 cm³/mol. The van der Waals surface area contributed by atoms with E-state index in [1.165, 1.54) is 244 Å². The van der Waals surface area contributed by atoms with Crippen molar-refractivity contribution in [1.29, 1.82) is 0 Å². The normalized spacial score (nSPS) is 12.4. The molecule has 1 atom stereocenters. The topological polar surface area (TPSA) is 43.1 Å². The van der Waals surface area contributed by atoms with Crippen LogP contribution in [-0.2, 0) is 4.79 Å². The van der Waals surface area contributed by atoms with E-state index in [-0.39, 0.29) is 11.8 Å². The second-order valence-electron chi connectivity index (χ2n) is 15.7. The highest BCUT2D eigenvalue weighted by molar-refractivity contribution is 5.76. The van der Waals surface area contributed by atoms with Crippen LogP contribution in [0.1, 0.15) is 271 Å². The molecule has 286 valence electrons. The molecule has 0 saturated heterocycles. The summed E-state index contributed by atoms with van der Waals surface area (Å²) in [7, 11) is 0. The molecule has 0 aromatic rings. The summed E-state index contributed by atoms with van der Waals surface area (Å²) in [4.78, 5) is 12.0. The second-order valence-corrected chi connectivity index (χ2v) is 15.7. The Kier molecular flexibility index (Phi) is 41.7. The summed E-state index contributed by atoms with van der Waals surface area (Å²) in [6.45, 7) is 4.59. The number of rotatable bonds is 42. The Morgan fingerprint density at radius 3 is 0.792 bits per heavy atom. The Hall–Kier alpha value is -0.790. The van der Waals surface area contributed by atoms with Crippen LogP contribution in [0.2, 0.25) is 0 Å². The monoisotopic (exact) mass is 674 g/mol. The lowest BCUT2D eigenvalue weighted by molar-refractivity contribution is -0.122. The Bertz CT molecular complexity index is 628. The van der Waals surface area contributed by atoms with Gasteiger partial charge in [0.25, 0.3) is 0 Å². The maximum atomic E-state index is 12.0. The van der Waals surface area contributed by atoms with E-state index in [9.17, 15) is 4.79 Å². The molecule has 0 fully saturated rings. The van der Waals surface area contributed by atoms with Crippen LogP contribution in [0.15, 0.2) is 12.2 Å². The van der Waals surface area contributed by atoms with Gasteiger partial charge in [-0.1, -0.05) is 244 Å². The summed E-state index contributed by atoms with van der Waals surface area (Å²) in [5, 5.41) is 0. The Balaban J connectivity index is 3.37. The first-order chi connectivity index (χ1) is 23.7. The molecule has 0 spiro atoms. The Morgan fingerprint density at radius 2 is 0.562 bits per heavy atom. The number of hydrogen-bond donors (Lipinski definition) is 1. The molecule has 0 aliphatic carbocycles. The SMILES string of the molecule is CCCCCCCC/C=C\CCCCCCCCCCCCC(CCCCCCCCCCCCCCCCCCCCCC)C(N)=O. The lowest BCUT2D eigenvalue weighted by Gasteiger charge is -2.13. The molecule has 0 rings (SSSR count). The van der Waals surface area contributed by atoms with E-state index in [2.05, 4.69) is 26.0 Å². The minimum Gasteiger partial charge on any atom is -0.369 e. The van der Waals surface area contributed by atoms with Crippen LogP contribution >= 0.6 is 0 Å². The molecular weight excluding hydrogens is 583 g/mol. The van der Waals surface area contributed by atoms with Gasteiger partial charge in [-0.3, -0.25) is 4.79 Å². The van der Waals surface area contributed by atoms with Crippen molar-refractivity contribution in [2.75, 3.05) is 0 Å². The van der Waals surface area contributed by atoms with Crippen molar-refractivity contribution in [3.8, 4) is 0 Å². The van der Waals surface area contributed by atoms with Gasteiger partial charge in [-0.05, 0) is 38.5 Å². The zero-order chi connectivity index (χ0) is 34.9. The number of carbonyl (C=O) groups is 1. The van der Waals surface area contributed by atoms with E-state index in [0.717, 1.165) is 12.8 Å². The molecule has 1 amide bonds. The van der Waals surface area contributed by atoms with Crippen LogP contribution in [-0.4, -0.2) is 5.91 Å². The third kappa shape index (κ3) is 39.6. The van der Waals surface area contributed by atoms with Crippen LogP contribution < -0.4 is 5.73 Å². The highest BCUT2D eigenvalue weighted by Crippen LogP contribution is 2.20. The van der Waals surface area contributed by atoms with E-state index in [1.54, 1.807) is 0 Å². The van der Waals surface area contributed by atoms with Gasteiger partial charge in [-0.25, -0.2) is 0 Å². The summed E-state index contributed by atoms with van der Waals surface area (Å²) in [6.07, 6.45) is 59.6.